The summed E-state index contributed by atoms with van der Waals surface area (Å²) in [7, 11) is 3.42. The van der Waals surface area contributed by atoms with Gasteiger partial charge in [-0.25, -0.2) is 0 Å². The average molecular weight is 363 g/mol. The average Bonchev–Trinajstić information content (AvgIpc) is 2.61. The van der Waals surface area contributed by atoms with Gasteiger partial charge in [0.2, 0.25) is 0 Å². The Morgan fingerprint density at radius 2 is 1.72 bits per heavy atom. The summed E-state index contributed by atoms with van der Waals surface area (Å²) < 4.78 is 15.9. The van der Waals surface area contributed by atoms with Gasteiger partial charge in [0.15, 0.2) is 0 Å². The highest BCUT2D eigenvalue weighted by Gasteiger charge is 2.27. The van der Waals surface area contributed by atoms with Crippen molar-refractivity contribution in [1.29, 1.82) is 0 Å². The van der Waals surface area contributed by atoms with Gasteiger partial charge >= 0.3 is 0 Å². The maximum absolute atomic E-state index is 5.65. The number of hydrogen-bond acceptors (Lipinski definition) is 4. The van der Waals surface area contributed by atoms with E-state index in [0.29, 0.717) is 19.1 Å². The third-order valence-corrected chi connectivity index (χ3v) is 5.36. The van der Waals surface area contributed by atoms with Crippen LogP contribution in [-0.4, -0.2) is 34.0 Å². The van der Waals surface area contributed by atoms with Crippen molar-refractivity contribution in [3.8, 4) is 5.75 Å². The summed E-state index contributed by atoms with van der Waals surface area (Å²) in [6.45, 7) is 6.46. The zero-order valence-electron chi connectivity index (χ0n) is 15.7. The fourth-order valence-electron chi connectivity index (χ4n) is 3.06. The van der Waals surface area contributed by atoms with Gasteiger partial charge in [0.1, 0.15) is 12.4 Å². The van der Waals surface area contributed by atoms with Crippen molar-refractivity contribution in [3.05, 3.63) is 52.5 Å². The Bertz CT molecular complexity index is 602. The van der Waals surface area contributed by atoms with Crippen LogP contribution in [-0.2, 0) is 14.9 Å². The lowest BCUT2D eigenvalue weighted by Gasteiger charge is -2.31. The molecule has 0 unspecified atom stereocenters. The summed E-state index contributed by atoms with van der Waals surface area (Å²) in [5.74, 6) is 1.35. The van der Waals surface area contributed by atoms with Crippen LogP contribution in [0.5, 0.6) is 5.75 Å². The van der Waals surface area contributed by atoms with E-state index in [2.05, 4.69) is 38.1 Å². The van der Waals surface area contributed by atoms with Crippen LogP contribution < -0.4 is 4.74 Å². The van der Waals surface area contributed by atoms with Crippen LogP contribution >= 0.6 is 12.6 Å². The highest BCUT2D eigenvalue weighted by atomic mass is 32.1. The second-order valence-corrected chi connectivity index (χ2v) is 7.45. The van der Waals surface area contributed by atoms with Crippen molar-refractivity contribution < 1.29 is 14.2 Å². The molecule has 4 heteroatoms. The number of methoxy groups -OCH3 is 2. The van der Waals surface area contributed by atoms with Gasteiger partial charge in [-0.1, -0.05) is 32.1 Å². The second kappa shape index (κ2) is 9.46. The van der Waals surface area contributed by atoms with Crippen LogP contribution in [0.2, 0.25) is 0 Å². The molecule has 1 aromatic rings. The Balaban J connectivity index is 2.07. The van der Waals surface area contributed by atoms with Crippen molar-refractivity contribution in [2.75, 3.05) is 34.0 Å². The lowest BCUT2D eigenvalue weighted by molar-refractivity contribution is 0.146. The molecule has 0 aromatic heterocycles. The van der Waals surface area contributed by atoms with Gasteiger partial charge in [0.05, 0.1) is 6.61 Å². The molecule has 25 heavy (non-hydrogen) atoms. The first kappa shape index (κ1) is 20.1. The standard InChI is InChI=1S/C21H30O3S/c1-21(2,17-7-9-19(10-8-17)24-14-13-23-4)18-6-5-16(11-12-22-3)20(25)15-18/h6-10,15-16,25H,5,11-14H2,1-4H3/t16-/m1/s1. The number of rotatable bonds is 9. The molecule has 1 aliphatic carbocycles. The van der Waals surface area contributed by atoms with Gasteiger partial charge in [0.25, 0.3) is 0 Å². The van der Waals surface area contributed by atoms with Crippen molar-refractivity contribution in [3.63, 3.8) is 0 Å². The Kier molecular flexibility index (Phi) is 7.60. The summed E-state index contributed by atoms with van der Waals surface area (Å²) in [6.07, 6.45) is 6.62. The first-order chi connectivity index (χ1) is 12.0. The van der Waals surface area contributed by atoms with Crippen LogP contribution in [0.15, 0.2) is 46.9 Å². The highest BCUT2D eigenvalue weighted by molar-refractivity contribution is 7.84. The quantitative estimate of drug-likeness (QED) is 0.506. The molecular formula is C21H30O3S. The van der Waals surface area contributed by atoms with Crippen LogP contribution in [0.3, 0.4) is 0 Å². The summed E-state index contributed by atoms with van der Waals surface area (Å²) in [5.41, 5.74) is 2.52. The molecule has 0 saturated carbocycles. The normalized spacial score (nSPS) is 17.9. The van der Waals surface area contributed by atoms with E-state index in [4.69, 9.17) is 26.8 Å². The molecule has 0 fully saturated rings. The highest BCUT2D eigenvalue weighted by Crippen LogP contribution is 2.39. The molecule has 0 N–H and O–H groups in total. The van der Waals surface area contributed by atoms with Gasteiger partial charge in [-0.15, -0.1) is 12.6 Å². The van der Waals surface area contributed by atoms with Crippen molar-refractivity contribution in [2.24, 2.45) is 5.92 Å². The van der Waals surface area contributed by atoms with Crippen LogP contribution in [0.1, 0.15) is 32.3 Å². The molecule has 0 bridgehead atoms. The molecule has 1 aromatic carbocycles. The molecule has 1 atom stereocenters. The second-order valence-electron chi connectivity index (χ2n) is 6.93. The molecule has 138 valence electrons. The molecule has 3 nitrogen and oxygen atoms in total. The van der Waals surface area contributed by atoms with Crippen molar-refractivity contribution in [2.45, 2.75) is 32.1 Å². The third-order valence-electron chi connectivity index (χ3n) is 4.87. The first-order valence-electron chi connectivity index (χ1n) is 8.81. The van der Waals surface area contributed by atoms with E-state index in [1.807, 2.05) is 12.1 Å². The number of allylic oxidation sites excluding steroid dienone is 4. The molecule has 0 heterocycles. The maximum Gasteiger partial charge on any atom is 0.119 e. The third kappa shape index (κ3) is 5.37. The monoisotopic (exact) mass is 362 g/mol. The molecule has 1 aliphatic rings. The van der Waals surface area contributed by atoms with Crippen LogP contribution in [0, 0.1) is 5.92 Å². The Labute approximate surface area is 157 Å². The molecule has 0 amide bonds. The minimum atomic E-state index is -0.0642. The lowest BCUT2D eigenvalue weighted by Crippen LogP contribution is -2.22. The van der Waals surface area contributed by atoms with Crippen molar-refractivity contribution >= 4 is 12.6 Å². The zero-order valence-corrected chi connectivity index (χ0v) is 16.6. The summed E-state index contributed by atoms with van der Waals surface area (Å²) in [4.78, 5) is 1.15. The van der Waals surface area contributed by atoms with Gasteiger partial charge in [-0.05, 0) is 53.0 Å². The summed E-state index contributed by atoms with van der Waals surface area (Å²) >= 11 is 4.73. The Hall–Kier alpha value is -1.23. The summed E-state index contributed by atoms with van der Waals surface area (Å²) in [5, 5.41) is 0. The van der Waals surface area contributed by atoms with E-state index in [1.54, 1.807) is 14.2 Å². The smallest absolute Gasteiger partial charge is 0.119 e. The number of thiol groups is 1. The van der Waals surface area contributed by atoms with E-state index < -0.39 is 0 Å². The first-order valence-corrected chi connectivity index (χ1v) is 9.26. The zero-order chi connectivity index (χ0) is 18.3. The number of hydrogen-bond donors (Lipinski definition) is 1. The molecule has 0 radical (unpaired) electrons. The SMILES string of the molecule is COCCOc1ccc(C(C)(C)C2=CC[C@H](CCOC)C(S)=C2)cc1. The van der Waals surface area contributed by atoms with Crippen LogP contribution in [0.4, 0.5) is 0 Å². The Morgan fingerprint density at radius 1 is 1.04 bits per heavy atom. The van der Waals surface area contributed by atoms with E-state index in [1.165, 1.54) is 11.1 Å². The van der Waals surface area contributed by atoms with Crippen LogP contribution in [0.25, 0.3) is 0 Å². The van der Waals surface area contributed by atoms with E-state index in [-0.39, 0.29) is 5.41 Å². The van der Waals surface area contributed by atoms with Gasteiger partial charge in [0, 0.05) is 26.2 Å². The van der Waals surface area contributed by atoms with E-state index in [9.17, 15) is 0 Å². The van der Waals surface area contributed by atoms with E-state index in [0.717, 1.165) is 30.1 Å². The topological polar surface area (TPSA) is 27.7 Å². The van der Waals surface area contributed by atoms with Crippen molar-refractivity contribution in [1.82, 2.24) is 0 Å². The fraction of sp³-hybridized carbons (Fsp3) is 0.524. The van der Waals surface area contributed by atoms with Gasteiger partial charge in [-0.3, -0.25) is 0 Å². The number of ether oxygens (including phenoxy) is 3. The molecule has 0 spiro atoms. The molecular weight excluding hydrogens is 332 g/mol. The molecule has 0 aliphatic heterocycles. The fourth-order valence-corrected chi connectivity index (χ4v) is 3.44. The minimum Gasteiger partial charge on any atom is -0.491 e. The Morgan fingerprint density at radius 3 is 2.32 bits per heavy atom. The number of benzene rings is 1. The molecule has 2 rings (SSSR count). The predicted octanol–water partition coefficient (Wildman–Crippen LogP) is 4.79. The van der Waals surface area contributed by atoms with E-state index >= 15 is 0 Å². The predicted molar refractivity (Wildman–Crippen MR) is 107 cm³/mol. The van der Waals surface area contributed by atoms with Gasteiger partial charge < -0.3 is 14.2 Å². The molecule has 0 saturated heterocycles. The largest absolute Gasteiger partial charge is 0.491 e. The summed E-state index contributed by atoms with van der Waals surface area (Å²) in [6, 6.07) is 8.35. The maximum atomic E-state index is 5.65. The lowest BCUT2D eigenvalue weighted by atomic mass is 9.74. The van der Waals surface area contributed by atoms with Gasteiger partial charge in [-0.2, -0.15) is 0 Å². The minimum absolute atomic E-state index is 0.0642.